The van der Waals surface area contributed by atoms with E-state index >= 15 is 0 Å². The molecule has 16 heavy (non-hydrogen) atoms. The largest absolute Gasteiger partial charge is 0.271 e. The predicted octanol–water partition coefficient (Wildman–Crippen LogP) is 3.34. The summed E-state index contributed by atoms with van der Waals surface area (Å²) in [6.45, 7) is 5.74. The number of allylic oxidation sites excluding steroid dienone is 1. The number of benzene rings is 1. The second-order valence-electron chi connectivity index (χ2n) is 3.86. The van der Waals surface area contributed by atoms with Crippen molar-refractivity contribution in [1.29, 1.82) is 0 Å². The van der Waals surface area contributed by atoms with Crippen LogP contribution in [-0.2, 0) is 0 Å². The summed E-state index contributed by atoms with van der Waals surface area (Å²) in [4.78, 5) is 0. The number of nitrogens with one attached hydrogen (secondary N) is 1. The Morgan fingerprint density at radius 1 is 1.62 bits per heavy atom. The topological polar surface area (TPSA) is 38.0 Å². The number of hydrogen-bond acceptors (Lipinski definition) is 2. The fourth-order valence-corrected chi connectivity index (χ4v) is 1.69. The lowest BCUT2D eigenvalue weighted by molar-refractivity contribution is 0.485. The Bertz CT molecular complexity index is 379. The summed E-state index contributed by atoms with van der Waals surface area (Å²) in [5.74, 6) is 5.01. The smallest absolute Gasteiger partial charge is 0.146 e. The van der Waals surface area contributed by atoms with Gasteiger partial charge >= 0.3 is 0 Å². The third kappa shape index (κ3) is 3.30. The first-order valence-electron chi connectivity index (χ1n) is 5.10. The Labute approximate surface area is 100 Å². The zero-order chi connectivity index (χ0) is 12.1. The van der Waals surface area contributed by atoms with Crippen molar-refractivity contribution >= 4 is 11.6 Å². The van der Waals surface area contributed by atoms with Crippen LogP contribution >= 0.6 is 11.6 Å². The molecule has 2 nitrogen and oxygen atoms in total. The van der Waals surface area contributed by atoms with Gasteiger partial charge in [0.25, 0.3) is 0 Å². The summed E-state index contributed by atoms with van der Waals surface area (Å²) in [7, 11) is 0. The molecule has 0 aliphatic carbocycles. The summed E-state index contributed by atoms with van der Waals surface area (Å²) in [5.41, 5.74) is 4.14. The van der Waals surface area contributed by atoms with Gasteiger partial charge in [-0.05, 0) is 25.8 Å². The zero-order valence-corrected chi connectivity index (χ0v) is 10.0. The molecule has 1 rings (SSSR count). The van der Waals surface area contributed by atoms with Crippen molar-refractivity contribution in [1.82, 2.24) is 5.43 Å². The molecule has 88 valence electrons. The highest BCUT2D eigenvalue weighted by Gasteiger charge is 2.15. The SMILES string of the molecule is C=C(C)CCC(NN)c1cccc(Cl)c1F. The second kappa shape index (κ2) is 5.99. The van der Waals surface area contributed by atoms with Crippen LogP contribution in [0.3, 0.4) is 0 Å². The standard InChI is InChI=1S/C12H16ClFN2/c1-8(2)6-7-11(16-15)9-4-3-5-10(13)12(9)14/h3-5,11,16H,1,6-7,15H2,2H3. The van der Waals surface area contributed by atoms with Crippen molar-refractivity contribution in [2.24, 2.45) is 5.84 Å². The van der Waals surface area contributed by atoms with Crippen molar-refractivity contribution in [3.05, 3.63) is 46.8 Å². The van der Waals surface area contributed by atoms with Crippen molar-refractivity contribution in [3.63, 3.8) is 0 Å². The first-order chi connectivity index (χ1) is 7.56. The molecule has 1 atom stereocenters. The molecule has 3 N–H and O–H groups in total. The fourth-order valence-electron chi connectivity index (χ4n) is 1.51. The molecular formula is C12H16ClFN2. The number of hydrogen-bond donors (Lipinski definition) is 2. The lowest BCUT2D eigenvalue weighted by Crippen LogP contribution is -2.28. The highest BCUT2D eigenvalue weighted by molar-refractivity contribution is 6.30. The Hall–Kier alpha value is -0.900. The maximum absolute atomic E-state index is 13.7. The fraction of sp³-hybridized carbons (Fsp3) is 0.333. The van der Waals surface area contributed by atoms with E-state index in [0.29, 0.717) is 12.0 Å². The molecule has 0 fully saturated rings. The minimum absolute atomic E-state index is 0.119. The van der Waals surface area contributed by atoms with Gasteiger partial charge in [-0.15, -0.1) is 6.58 Å². The maximum atomic E-state index is 13.7. The van der Waals surface area contributed by atoms with Gasteiger partial charge in [-0.1, -0.05) is 29.3 Å². The molecule has 0 radical (unpaired) electrons. The number of halogens is 2. The van der Waals surface area contributed by atoms with Gasteiger partial charge in [0.05, 0.1) is 5.02 Å². The van der Waals surface area contributed by atoms with Gasteiger partial charge in [-0.3, -0.25) is 11.3 Å². The maximum Gasteiger partial charge on any atom is 0.146 e. The average Bonchev–Trinajstić information content (AvgIpc) is 2.24. The Morgan fingerprint density at radius 2 is 2.31 bits per heavy atom. The van der Waals surface area contributed by atoms with Crippen LogP contribution in [0.2, 0.25) is 5.02 Å². The second-order valence-corrected chi connectivity index (χ2v) is 4.27. The highest BCUT2D eigenvalue weighted by Crippen LogP contribution is 2.26. The van der Waals surface area contributed by atoms with Crippen molar-refractivity contribution in [2.45, 2.75) is 25.8 Å². The van der Waals surface area contributed by atoms with Crippen LogP contribution in [0.5, 0.6) is 0 Å². The molecule has 1 aromatic rings. The van der Waals surface area contributed by atoms with Crippen LogP contribution in [0.15, 0.2) is 30.4 Å². The van der Waals surface area contributed by atoms with E-state index in [1.54, 1.807) is 12.1 Å². The van der Waals surface area contributed by atoms with Crippen LogP contribution in [-0.4, -0.2) is 0 Å². The monoisotopic (exact) mass is 242 g/mol. The van der Waals surface area contributed by atoms with Gasteiger partial charge < -0.3 is 0 Å². The molecule has 0 aliphatic rings. The molecule has 0 saturated heterocycles. The van der Waals surface area contributed by atoms with Gasteiger partial charge in [-0.2, -0.15) is 0 Å². The normalized spacial score (nSPS) is 12.5. The molecule has 0 spiro atoms. The van der Waals surface area contributed by atoms with Crippen molar-refractivity contribution in [2.75, 3.05) is 0 Å². The summed E-state index contributed by atoms with van der Waals surface area (Å²) in [6.07, 6.45) is 1.49. The van der Waals surface area contributed by atoms with Crippen LogP contribution in [0.25, 0.3) is 0 Å². The average molecular weight is 243 g/mol. The minimum Gasteiger partial charge on any atom is -0.271 e. The molecule has 0 heterocycles. The summed E-state index contributed by atoms with van der Waals surface area (Å²) in [6, 6.07) is 4.68. The van der Waals surface area contributed by atoms with Gasteiger partial charge in [0, 0.05) is 11.6 Å². The van der Waals surface area contributed by atoms with E-state index in [-0.39, 0.29) is 11.1 Å². The van der Waals surface area contributed by atoms with E-state index in [9.17, 15) is 4.39 Å². The molecule has 1 aromatic carbocycles. The highest BCUT2D eigenvalue weighted by atomic mass is 35.5. The Kier molecular flexibility index (Phi) is 4.93. The van der Waals surface area contributed by atoms with Gasteiger partial charge in [0.2, 0.25) is 0 Å². The lowest BCUT2D eigenvalue weighted by atomic mass is 10.00. The summed E-state index contributed by atoms with van der Waals surface area (Å²) < 4.78 is 13.7. The number of hydrazine groups is 1. The molecule has 0 saturated carbocycles. The molecular weight excluding hydrogens is 227 g/mol. The van der Waals surface area contributed by atoms with E-state index in [1.165, 1.54) is 6.07 Å². The molecule has 0 amide bonds. The molecule has 0 bridgehead atoms. The first-order valence-corrected chi connectivity index (χ1v) is 5.48. The predicted molar refractivity (Wildman–Crippen MR) is 65.5 cm³/mol. The third-order valence-electron chi connectivity index (χ3n) is 2.42. The Morgan fingerprint density at radius 3 is 2.88 bits per heavy atom. The summed E-state index contributed by atoms with van der Waals surface area (Å²) >= 11 is 5.72. The quantitative estimate of drug-likeness (QED) is 0.472. The molecule has 1 unspecified atom stereocenters. The van der Waals surface area contributed by atoms with Crippen LogP contribution in [0.1, 0.15) is 31.4 Å². The van der Waals surface area contributed by atoms with E-state index in [1.807, 2.05) is 6.92 Å². The molecule has 4 heteroatoms. The van der Waals surface area contributed by atoms with Gasteiger partial charge in [-0.25, -0.2) is 4.39 Å². The van der Waals surface area contributed by atoms with E-state index in [4.69, 9.17) is 17.4 Å². The van der Waals surface area contributed by atoms with Gasteiger partial charge in [0.1, 0.15) is 5.82 Å². The van der Waals surface area contributed by atoms with Crippen molar-refractivity contribution in [3.8, 4) is 0 Å². The van der Waals surface area contributed by atoms with Crippen LogP contribution < -0.4 is 11.3 Å². The Balaban J connectivity index is 2.86. The summed E-state index contributed by atoms with van der Waals surface area (Å²) in [5, 5.41) is 0.119. The van der Waals surface area contributed by atoms with Crippen LogP contribution in [0, 0.1) is 5.82 Å². The zero-order valence-electron chi connectivity index (χ0n) is 9.26. The number of nitrogens with two attached hydrogens (primary N) is 1. The van der Waals surface area contributed by atoms with E-state index in [0.717, 1.165) is 12.0 Å². The third-order valence-corrected chi connectivity index (χ3v) is 2.71. The van der Waals surface area contributed by atoms with E-state index in [2.05, 4.69) is 12.0 Å². The minimum atomic E-state index is -0.408. The van der Waals surface area contributed by atoms with E-state index < -0.39 is 5.82 Å². The molecule has 0 aromatic heterocycles. The van der Waals surface area contributed by atoms with Crippen LogP contribution in [0.4, 0.5) is 4.39 Å². The van der Waals surface area contributed by atoms with Crippen molar-refractivity contribution < 1.29 is 4.39 Å². The first kappa shape index (κ1) is 13.2. The van der Waals surface area contributed by atoms with Gasteiger partial charge in [0.15, 0.2) is 0 Å². The number of rotatable bonds is 5. The molecule has 0 aliphatic heterocycles. The lowest BCUT2D eigenvalue weighted by Gasteiger charge is -2.17.